The summed E-state index contributed by atoms with van der Waals surface area (Å²) in [7, 11) is 0. The summed E-state index contributed by atoms with van der Waals surface area (Å²) in [5.41, 5.74) is 2.33. The number of barbiturate groups is 1. The van der Waals surface area contributed by atoms with Gasteiger partial charge in [0, 0.05) is 5.02 Å². The van der Waals surface area contributed by atoms with Crippen LogP contribution in [0.15, 0.2) is 78.9 Å². The van der Waals surface area contributed by atoms with Crippen molar-refractivity contribution in [1.82, 2.24) is 5.32 Å². The van der Waals surface area contributed by atoms with E-state index in [1.165, 1.54) is 18.2 Å². The van der Waals surface area contributed by atoms with Crippen molar-refractivity contribution >= 4 is 64.4 Å². The molecular formula is C27H19Cl3N2O4. The van der Waals surface area contributed by atoms with Gasteiger partial charge in [0.25, 0.3) is 11.8 Å². The number of hydrogen-bond donors (Lipinski definition) is 1. The fraction of sp³-hybridized carbons (Fsp3) is 0.0741. The predicted molar refractivity (Wildman–Crippen MR) is 142 cm³/mol. The van der Waals surface area contributed by atoms with Gasteiger partial charge in [-0.2, -0.15) is 0 Å². The van der Waals surface area contributed by atoms with Gasteiger partial charge in [-0.1, -0.05) is 53.0 Å². The molecule has 1 fully saturated rings. The first-order valence-electron chi connectivity index (χ1n) is 10.7. The predicted octanol–water partition coefficient (Wildman–Crippen LogP) is 6.62. The molecule has 3 aromatic rings. The highest BCUT2D eigenvalue weighted by molar-refractivity contribution is 6.42. The number of hydrogen-bond acceptors (Lipinski definition) is 4. The van der Waals surface area contributed by atoms with Crippen LogP contribution in [0.3, 0.4) is 0 Å². The molecule has 0 atom stereocenters. The Balaban J connectivity index is 1.60. The fourth-order valence-electron chi connectivity index (χ4n) is 3.58. The molecule has 0 aliphatic carbocycles. The largest absolute Gasteiger partial charge is 0.489 e. The van der Waals surface area contributed by atoms with E-state index in [4.69, 9.17) is 39.5 Å². The Labute approximate surface area is 222 Å². The zero-order valence-electron chi connectivity index (χ0n) is 18.8. The summed E-state index contributed by atoms with van der Waals surface area (Å²) in [5.74, 6) is -0.905. The first-order chi connectivity index (χ1) is 17.3. The molecule has 0 spiro atoms. The van der Waals surface area contributed by atoms with Gasteiger partial charge < -0.3 is 4.74 Å². The summed E-state index contributed by atoms with van der Waals surface area (Å²) in [6.45, 7) is 4.05. The van der Waals surface area contributed by atoms with Crippen LogP contribution in [-0.4, -0.2) is 17.8 Å². The first kappa shape index (κ1) is 25.5. The van der Waals surface area contributed by atoms with Crippen molar-refractivity contribution in [2.75, 3.05) is 4.90 Å². The second-order valence-corrected chi connectivity index (χ2v) is 9.08. The van der Waals surface area contributed by atoms with E-state index >= 15 is 0 Å². The molecule has 36 heavy (non-hydrogen) atoms. The van der Waals surface area contributed by atoms with Crippen LogP contribution in [0.4, 0.5) is 10.5 Å². The summed E-state index contributed by atoms with van der Waals surface area (Å²) < 4.78 is 5.98. The zero-order chi connectivity index (χ0) is 25.8. The van der Waals surface area contributed by atoms with E-state index in [0.717, 1.165) is 16.0 Å². The number of amides is 4. The number of rotatable bonds is 7. The van der Waals surface area contributed by atoms with Crippen molar-refractivity contribution < 1.29 is 19.1 Å². The van der Waals surface area contributed by atoms with E-state index < -0.39 is 17.8 Å². The van der Waals surface area contributed by atoms with Crippen LogP contribution >= 0.6 is 34.8 Å². The molecule has 6 nitrogen and oxygen atoms in total. The minimum atomic E-state index is -0.831. The van der Waals surface area contributed by atoms with E-state index in [1.54, 1.807) is 48.5 Å². The molecule has 1 N–H and O–H groups in total. The zero-order valence-corrected chi connectivity index (χ0v) is 21.0. The third-order valence-corrected chi connectivity index (χ3v) is 6.32. The van der Waals surface area contributed by atoms with Crippen LogP contribution in [-0.2, 0) is 22.6 Å². The maximum atomic E-state index is 13.1. The Bertz CT molecular complexity index is 1400. The van der Waals surface area contributed by atoms with Crippen LogP contribution in [0.5, 0.6) is 5.75 Å². The lowest BCUT2D eigenvalue weighted by atomic mass is 10.0. The number of carbonyl (C=O) groups excluding carboxylic acids is 3. The number of anilines is 1. The Morgan fingerprint density at radius 2 is 1.67 bits per heavy atom. The number of allylic oxidation sites excluding steroid dienone is 1. The van der Waals surface area contributed by atoms with Gasteiger partial charge >= 0.3 is 6.03 Å². The van der Waals surface area contributed by atoms with Crippen LogP contribution in [0.1, 0.15) is 16.7 Å². The number of benzene rings is 3. The molecule has 1 saturated heterocycles. The Hall–Kier alpha value is -3.58. The van der Waals surface area contributed by atoms with Crippen LogP contribution in [0, 0.1) is 0 Å². The highest BCUT2D eigenvalue weighted by Gasteiger charge is 2.36. The molecule has 182 valence electrons. The molecule has 1 aliphatic heterocycles. The standard InChI is InChI=1S/C27H19Cl3N2O4/c1-2-3-18-12-16(5-11-24(18)36-15-17-4-10-22(29)23(30)14-17)13-21-25(33)31-27(35)32(26(21)34)20-8-6-19(28)7-9-20/h2,4-14H,1,3,15H2,(H,31,33,35)/b21-13+. The molecule has 0 saturated carbocycles. The van der Waals surface area contributed by atoms with Crippen molar-refractivity contribution in [3.8, 4) is 5.75 Å². The molecule has 0 bridgehead atoms. The van der Waals surface area contributed by atoms with Gasteiger partial charge in [0.1, 0.15) is 17.9 Å². The van der Waals surface area contributed by atoms with Crippen molar-refractivity contribution in [2.24, 2.45) is 0 Å². The molecule has 0 radical (unpaired) electrons. The molecule has 4 amide bonds. The van der Waals surface area contributed by atoms with E-state index in [-0.39, 0.29) is 12.2 Å². The molecule has 1 aliphatic rings. The number of nitrogens with zero attached hydrogens (tertiary/aromatic N) is 1. The number of ether oxygens (including phenoxy) is 1. The fourth-order valence-corrected chi connectivity index (χ4v) is 4.03. The molecule has 9 heteroatoms. The second kappa shape index (κ2) is 11.0. The Morgan fingerprint density at radius 1 is 0.917 bits per heavy atom. The first-order valence-corrected chi connectivity index (χ1v) is 11.9. The van der Waals surface area contributed by atoms with Crippen molar-refractivity contribution in [2.45, 2.75) is 13.0 Å². The van der Waals surface area contributed by atoms with Gasteiger partial charge in [-0.05, 0) is 77.7 Å². The normalized spacial score (nSPS) is 14.7. The highest BCUT2D eigenvalue weighted by Crippen LogP contribution is 2.28. The number of urea groups is 1. The minimum absolute atomic E-state index is 0.182. The van der Waals surface area contributed by atoms with Crippen LogP contribution in [0.2, 0.25) is 15.1 Å². The summed E-state index contributed by atoms with van der Waals surface area (Å²) >= 11 is 18.0. The van der Waals surface area contributed by atoms with E-state index in [2.05, 4.69) is 11.9 Å². The summed E-state index contributed by atoms with van der Waals surface area (Å²) in [6, 6.07) is 15.8. The molecule has 0 aromatic heterocycles. The lowest BCUT2D eigenvalue weighted by Crippen LogP contribution is -2.54. The second-order valence-electron chi connectivity index (χ2n) is 7.83. The highest BCUT2D eigenvalue weighted by atomic mass is 35.5. The van der Waals surface area contributed by atoms with Gasteiger partial charge in [-0.15, -0.1) is 6.58 Å². The smallest absolute Gasteiger partial charge is 0.335 e. The summed E-state index contributed by atoms with van der Waals surface area (Å²) in [4.78, 5) is 38.9. The van der Waals surface area contributed by atoms with Crippen LogP contribution < -0.4 is 15.0 Å². The molecular weight excluding hydrogens is 523 g/mol. The van der Waals surface area contributed by atoms with E-state index in [9.17, 15) is 14.4 Å². The molecule has 1 heterocycles. The molecule has 0 unspecified atom stereocenters. The molecule has 4 rings (SSSR count). The lowest BCUT2D eigenvalue weighted by Gasteiger charge is -2.26. The van der Waals surface area contributed by atoms with Gasteiger partial charge in [0.05, 0.1) is 15.7 Å². The number of carbonyl (C=O) groups is 3. The SMILES string of the molecule is C=CCc1cc(/C=C2\C(=O)NC(=O)N(c3ccc(Cl)cc3)C2=O)ccc1OCc1ccc(Cl)c(Cl)c1. The quantitative estimate of drug-likeness (QED) is 0.207. The lowest BCUT2D eigenvalue weighted by molar-refractivity contribution is -0.122. The Morgan fingerprint density at radius 3 is 2.36 bits per heavy atom. The van der Waals surface area contributed by atoms with E-state index in [0.29, 0.717) is 38.5 Å². The topological polar surface area (TPSA) is 75.7 Å². The van der Waals surface area contributed by atoms with Gasteiger partial charge in [-0.3, -0.25) is 14.9 Å². The number of nitrogens with one attached hydrogen (secondary N) is 1. The van der Waals surface area contributed by atoms with E-state index in [1.807, 2.05) is 6.07 Å². The summed E-state index contributed by atoms with van der Waals surface area (Å²) in [6.07, 6.45) is 3.64. The maximum absolute atomic E-state index is 13.1. The van der Waals surface area contributed by atoms with Crippen LogP contribution in [0.25, 0.3) is 6.08 Å². The average molecular weight is 542 g/mol. The average Bonchev–Trinajstić information content (AvgIpc) is 2.84. The monoisotopic (exact) mass is 540 g/mol. The Kier molecular flexibility index (Phi) is 7.79. The molecule has 3 aromatic carbocycles. The van der Waals surface area contributed by atoms with Crippen molar-refractivity contribution in [1.29, 1.82) is 0 Å². The maximum Gasteiger partial charge on any atom is 0.335 e. The number of imide groups is 2. The van der Waals surface area contributed by atoms with Crippen molar-refractivity contribution in [3.05, 3.63) is 111 Å². The third-order valence-electron chi connectivity index (χ3n) is 5.32. The van der Waals surface area contributed by atoms with Gasteiger partial charge in [0.2, 0.25) is 0 Å². The minimum Gasteiger partial charge on any atom is -0.489 e. The van der Waals surface area contributed by atoms with Gasteiger partial charge in [0.15, 0.2) is 0 Å². The third kappa shape index (κ3) is 5.62. The number of halogens is 3. The van der Waals surface area contributed by atoms with Crippen molar-refractivity contribution in [3.63, 3.8) is 0 Å². The summed E-state index contributed by atoms with van der Waals surface area (Å²) in [5, 5.41) is 3.56. The van der Waals surface area contributed by atoms with Gasteiger partial charge in [-0.25, -0.2) is 9.69 Å².